The van der Waals surface area contributed by atoms with E-state index in [0.717, 1.165) is 5.92 Å². The molecule has 0 saturated heterocycles. The van der Waals surface area contributed by atoms with Crippen LogP contribution in [0.1, 0.15) is 40.5 Å². The highest BCUT2D eigenvalue weighted by molar-refractivity contribution is 5.53. The van der Waals surface area contributed by atoms with E-state index >= 15 is 0 Å². The second-order valence-electron chi connectivity index (χ2n) is 2.91. The molecular formula is C9H19N. The zero-order valence-electron chi connectivity index (χ0n) is 7.59. The van der Waals surface area contributed by atoms with E-state index in [9.17, 15) is 0 Å². The maximum absolute atomic E-state index is 4.32. The predicted octanol–water partition coefficient (Wildman–Crippen LogP) is 2.90. The molecule has 1 heteroatoms. The van der Waals surface area contributed by atoms with Crippen molar-refractivity contribution in [2.45, 2.75) is 46.6 Å². The van der Waals surface area contributed by atoms with Gasteiger partial charge in [0.15, 0.2) is 0 Å². The maximum atomic E-state index is 4.32. The van der Waals surface area contributed by atoms with Gasteiger partial charge in [-0.1, -0.05) is 20.3 Å². The normalized spacial score (nSPS) is 17.6. The summed E-state index contributed by atoms with van der Waals surface area (Å²) in [7, 11) is 0. The van der Waals surface area contributed by atoms with Crippen LogP contribution in [0.3, 0.4) is 0 Å². The minimum atomic E-state index is 0.505. The van der Waals surface area contributed by atoms with Crippen LogP contribution in [-0.4, -0.2) is 12.3 Å². The number of aliphatic imine (C=N–C) groups is 1. The molecule has 1 nitrogen and oxygen atoms in total. The fourth-order valence-corrected chi connectivity index (χ4v) is 1.08. The summed E-state index contributed by atoms with van der Waals surface area (Å²) in [6.45, 7) is 8.65. The van der Waals surface area contributed by atoms with Crippen LogP contribution in [0.5, 0.6) is 0 Å². The van der Waals surface area contributed by atoms with Gasteiger partial charge in [-0.05, 0) is 32.4 Å². The van der Waals surface area contributed by atoms with Gasteiger partial charge in [0.2, 0.25) is 0 Å². The number of hydrogen-bond acceptors (Lipinski definition) is 1. The van der Waals surface area contributed by atoms with Gasteiger partial charge in [0.05, 0.1) is 0 Å². The number of nitrogens with zero attached hydrogens (tertiary/aromatic N) is 1. The lowest BCUT2D eigenvalue weighted by molar-refractivity contribution is 0.448. The van der Waals surface area contributed by atoms with Crippen LogP contribution < -0.4 is 0 Å². The molecule has 0 aliphatic carbocycles. The van der Waals surface area contributed by atoms with Crippen molar-refractivity contribution in [2.24, 2.45) is 10.9 Å². The topological polar surface area (TPSA) is 12.4 Å². The van der Waals surface area contributed by atoms with Crippen LogP contribution in [0.2, 0.25) is 0 Å². The summed E-state index contributed by atoms with van der Waals surface area (Å²) in [4.78, 5) is 4.32. The molecule has 2 atom stereocenters. The Morgan fingerprint density at radius 3 is 2.40 bits per heavy atom. The van der Waals surface area contributed by atoms with Crippen molar-refractivity contribution in [2.75, 3.05) is 0 Å². The third-order valence-corrected chi connectivity index (χ3v) is 1.95. The van der Waals surface area contributed by atoms with E-state index in [-0.39, 0.29) is 0 Å². The number of hydrogen-bond donors (Lipinski definition) is 0. The summed E-state index contributed by atoms with van der Waals surface area (Å²) in [5.41, 5.74) is 0. The van der Waals surface area contributed by atoms with Crippen molar-refractivity contribution in [3.8, 4) is 0 Å². The highest BCUT2D eigenvalue weighted by Crippen LogP contribution is 2.12. The van der Waals surface area contributed by atoms with Crippen LogP contribution in [0.25, 0.3) is 0 Å². The molecule has 0 fully saturated rings. The fourth-order valence-electron chi connectivity index (χ4n) is 1.08. The average Bonchev–Trinajstić information content (AvgIpc) is 1.89. The first kappa shape index (κ1) is 9.67. The van der Waals surface area contributed by atoms with Gasteiger partial charge in [-0.2, -0.15) is 0 Å². The Balaban J connectivity index is 3.58. The summed E-state index contributed by atoms with van der Waals surface area (Å²) in [6, 6.07) is 0.505. The third-order valence-electron chi connectivity index (χ3n) is 1.95. The summed E-state index contributed by atoms with van der Waals surface area (Å²) in [5.74, 6) is 0.737. The van der Waals surface area contributed by atoms with Gasteiger partial charge < -0.3 is 0 Å². The smallest absolute Gasteiger partial charge is 0.0492 e. The monoisotopic (exact) mass is 141 g/mol. The number of rotatable bonds is 4. The molecule has 0 N–H and O–H groups in total. The van der Waals surface area contributed by atoms with Crippen LogP contribution in [-0.2, 0) is 0 Å². The lowest BCUT2D eigenvalue weighted by Crippen LogP contribution is -2.10. The van der Waals surface area contributed by atoms with Crippen molar-refractivity contribution in [3.05, 3.63) is 0 Å². The van der Waals surface area contributed by atoms with Crippen LogP contribution in [0, 0.1) is 5.92 Å². The lowest BCUT2D eigenvalue weighted by Gasteiger charge is -2.13. The fraction of sp³-hybridized carbons (Fsp3) is 0.889. The zero-order valence-corrected chi connectivity index (χ0v) is 7.59. The lowest BCUT2D eigenvalue weighted by atomic mass is 9.99. The summed E-state index contributed by atoms with van der Waals surface area (Å²) < 4.78 is 0. The molecular weight excluding hydrogens is 122 g/mol. The molecule has 2 unspecified atom stereocenters. The SMILES string of the molecule is CC=NC(C)C(C)CCC. The van der Waals surface area contributed by atoms with E-state index < -0.39 is 0 Å². The Hall–Kier alpha value is -0.330. The van der Waals surface area contributed by atoms with Crippen LogP contribution in [0.15, 0.2) is 4.99 Å². The molecule has 0 amide bonds. The molecule has 60 valence electrons. The van der Waals surface area contributed by atoms with Gasteiger partial charge in [0, 0.05) is 6.04 Å². The van der Waals surface area contributed by atoms with Crippen LogP contribution in [0.4, 0.5) is 0 Å². The predicted molar refractivity (Wildman–Crippen MR) is 47.7 cm³/mol. The minimum absolute atomic E-state index is 0.505. The van der Waals surface area contributed by atoms with Gasteiger partial charge >= 0.3 is 0 Å². The van der Waals surface area contributed by atoms with Crippen molar-refractivity contribution in [1.82, 2.24) is 0 Å². The second kappa shape index (κ2) is 5.45. The van der Waals surface area contributed by atoms with E-state index in [4.69, 9.17) is 0 Å². The first-order valence-corrected chi connectivity index (χ1v) is 4.20. The van der Waals surface area contributed by atoms with Crippen molar-refractivity contribution >= 4 is 6.21 Å². The Morgan fingerprint density at radius 2 is 2.00 bits per heavy atom. The van der Waals surface area contributed by atoms with E-state index in [1.54, 1.807) is 0 Å². The Bertz CT molecular complexity index is 96.9. The van der Waals surface area contributed by atoms with Gasteiger partial charge in [0.25, 0.3) is 0 Å². The molecule has 0 heterocycles. The molecule has 0 saturated carbocycles. The molecule has 0 rings (SSSR count). The van der Waals surface area contributed by atoms with E-state index in [1.165, 1.54) is 12.8 Å². The van der Waals surface area contributed by atoms with Crippen molar-refractivity contribution in [3.63, 3.8) is 0 Å². The Morgan fingerprint density at radius 1 is 1.40 bits per heavy atom. The maximum Gasteiger partial charge on any atom is 0.0492 e. The molecule has 0 bridgehead atoms. The van der Waals surface area contributed by atoms with Crippen LogP contribution >= 0.6 is 0 Å². The second-order valence-corrected chi connectivity index (χ2v) is 2.91. The van der Waals surface area contributed by atoms with Gasteiger partial charge in [0.1, 0.15) is 0 Å². The van der Waals surface area contributed by atoms with Gasteiger partial charge in [-0.15, -0.1) is 0 Å². The van der Waals surface area contributed by atoms with E-state index in [2.05, 4.69) is 25.8 Å². The first-order chi connectivity index (χ1) is 4.72. The quantitative estimate of drug-likeness (QED) is 0.534. The third kappa shape index (κ3) is 3.65. The Labute approximate surface area is 64.6 Å². The van der Waals surface area contributed by atoms with E-state index in [0.29, 0.717) is 6.04 Å². The zero-order chi connectivity index (χ0) is 7.98. The molecule has 0 spiro atoms. The highest BCUT2D eigenvalue weighted by Gasteiger charge is 2.07. The molecule has 0 radical (unpaired) electrons. The summed E-state index contributed by atoms with van der Waals surface area (Å²) in [5, 5.41) is 0. The molecule has 0 aromatic rings. The average molecular weight is 141 g/mol. The molecule has 0 aliphatic heterocycles. The summed E-state index contributed by atoms with van der Waals surface area (Å²) >= 11 is 0. The van der Waals surface area contributed by atoms with E-state index in [1.807, 2.05) is 13.1 Å². The molecule has 0 aromatic carbocycles. The van der Waals surface area contributed by atoms with Gasteiger partial charge in [-0.3, -0.25) is 4.99 Å². The highest BCUT2D eigenvalue weighted by atomic mass is 14.8. The molecule has 10 heavy (non-hydrogen) atoms. The Kier molecular flexibility index (Phi) is 5.27. The first-order valence-electron chi connectivity index (χ1n) is 4.20. The molecule has 0 aromatic heterocycles. The molecule has 0 aliphatic rings. The van der Waals surface area contributed by atoms with Crippen molar-refractivity contribution < 1.29 is 0 Å². The standard InChI is InChI=1S/C9H19N/c1-5-7-8(3)9(4)10-6-2/h6,8-9H,5,7H2,1-4H3. The summed E-state index contributed by atoms with van der Waals surface area (Å²) in [6.07, 6.45) is 4.46. The van der Waals surface area contributed by atoms with Crippen molar-refractivity contribution in [1.29, 1.82) is 0 Å². The largest absolute Gasteiger partial charge is 0.295 e. The minimum Gasteiger partial charge on any atom is -0.295 e. The van der Waals surface area contributed by atoms with Gasteiger partial charge in [-0.25, -0.2) is 0 Å².